The maximum absolute atomic E-state index is 12.9. The summed E-state index contributed by atoms with van der Waals surface area (Å²) in [6, 6.07) is 7.90. The molecule has 6 heteroatoms. The highest BCUT2D eigenvalue weighted by Crippen LogP contribution is 2.30. The Bertz CT molecular complexity index is 745. The fraction of sp³-hybridized carbons (Fsp3) is 0.444. The van der Waals surface area contributed by atoms with E-state index in [2.05, 4.69) is 5.10 Å². The SMILES string of the molecule is O=C(c1cnn(Cc2ccccc2Cl)c1)N1CCOC2CCCC21. The number of ether oxygens (including phenoxy) is 1. The van der Waals surface area contributed by atoms with E-state index in [1.54, 1.807) is 10.9 Å². The highest BCUT2D eigenvalue weighted by molar-refractivity contribution is 6.31. The lowest BCUT2D eigenvalue weighted by Crippen LogP contribution is -2.51. The minimum absolute atomic E-state index is 0.0561. The van der Waals surface area contributed by atoms with E-state index < -0.39 is 0 Å². The fourth-order valence-electron chi connectivity index (χ4n) is 3.71. The van der Waals surface area contributed by atoms with Crippen molar-refractivity contribution >= 4 is 17.5 Å². The molecule has 0 N–H and O–H groups in total. The van der Waals surface area contributed by atoms with Crippen molar-refractivity contribution in [3.05, 3.63) is 52.8 Å². The van der Waals surface area contributed by atoms with Crippen LogP contribution >= 0.6 is 11.6 Å². The Balaban J connectivity index is 1.50. The van der Waals surface area contributed by atoms with Crippen LogP contribution < -0.4 is 0 Å². The molecule has 1 aromatic heterocycles. The van der Waals surface area contributed by atoms with Crippen LogP contribution in [-0.2, 0) is 11.3 Å². The minimum atomic E-state index is 0.0561. The van der Waals surface area contributed by atoms with E-state index in [1.807, 2.05) is 35.4 Å². The van der Waals surface area contributed by atoms with E-state index >= 15 is 0 Å². The normalized spacial score (nSPS) is 23.3. The Hall–Kier alpha value is -1.85. The molecule has 1 amide bonds. The van der Waals surface area contributed by atoms with Crippen LogP contribution in [-0.4, -0.2) is 45.9 Å². The van der Waals surface area contributed by atoms with Crippen LogP contribution in [0.2, 0.25) is 5.02 Å². The first-order chi connectivity index (χ1) is 11.7. The molecule has 4 rings (SSSR count). The van der Waals surface area contributed by atoms with Gasteiger partial charge in [0.15, 0.2) is 0 Å². The van der Waals surface area contributed by atoms with Crippen molar-refractivity contribution in [2.75, 3.05) is 13.2 Å². The highest BCUT2D eigenvalue weighted by Gasteiger charge is 2.38. The Morgan fingerprint density at radius 1 is 1.33 bits per heavy atom. The zero-order valence-corrected chi connectivity index (χ0v) is 14.2. The molecule has 126 valence electrons. The van der Waals surface area contributed by atoms with Gasteiger partial charge in [-0.2, -0.15) is 5.10 Å². The molecule has 2 heterocycles. The van der Waals surface area contributed by atoms with Gasteiger partial charge in [0, 0.05) is 17.8 Å². The summed E-state index contributed by atoms with van der Waals surface area (Å²) in [7, 11) is 0. The van der Waals surface area contributed by atoms with Crippen LogP contribution in [0.15, 0.2) is 36.7 Å². The number of carbonyl (C=O) groups excluding carboxylic acids is 1. The van der Waals surface area contributed by atoms with Gasteiger partial charge in [-0.25, -0.2) is 0 Å². The monoisotopic (exact) mass is 345 g/mol. The van der Waals surface area contributed by atoms with Crippen LogP contribution in [0, 0.1) is 0 Å². The molecule has 2 unspecified atom stereocenters. The van der Waals surface area contributed by atoms with E-state index in [0.717, 1.165) is 24.8 Å². The Morgan fingerprint density at radius 3 is 3.08 bits per heavy atom. The smallest absolute Gasteiger partial charge is 0.257 e. The summed E-state index contributed by atoms with van der Waals surface area (Å²) in [5, 5.41) is 5.04. The predicted octanol–water partition coefficient (Wildman–Crippen LogP) is 2.98. The summed E-state index contributed by atoms with van der Waals surface area (Å²) < 4.78 is 7.55. The lowest BCUT2D eigenvalue weighted by Gasteiger charge is -2.37. The predicted molar refractivity (Wildman–Crippen MR) is 91.2 cm³/mol. The number of hydrogen-bond acceptors (Lipinski definition) is 3. The summed E-state index contributed by atoms with van der Waals surface area (Å²) in [5.74, 6) is 0.0561. The molecule has 0 radical (unpaired) electrons. The number of fused-ring (bicyclic) bond motifs is 1. The molecule has 5 nitrogen and oxygen atoms in total. The first-order valence-corrected chi connectivity index (χ1v) is 8.78. The Morgan fingerprint density at radius 2 is 2.21 bits per heavy atom. The third-order valence-corrected chi connectivity index (χ3v) is 5.28. The lowest BCUT2D eigenvalue weighted by molar-refractivity contribution is -0.0445. The third-order valence-electron chi connectivity index (χ3n) is 4.91. The second-order valence-corrected chi connectivity index (χ2v) is 6.83. The van der Waals surface area contributed by atoms with Crippen LogP contribution in [0.25, 0.3) is 0 Å². The summed E-state index contributed by atoms with van der Waals surface area (Å²) in [6.07, 6.45) is 6.89. The number of halogens is 1. The van der Waals surface area contributed by atoms with Crippen LogP contribution in [0.5, 0.6) is 0 Å². The standard InChI is InChI=1S/C18H20ClN3O2/c19-15-5-2-1-4-13(15)11-21-12-14(10-20-21)18(23)22-8-9-24-17-7-3-6-16(17)22/h1-2,4-5,10,12,16-17H,3,6-9,11H2. The molecule has 24 heavy (non-hydrogen) atoms. The molecular formula is C18H20ClN3O2. The van der Waals surface area contributed by atoms with E-state index in [4.69, 9.17) is 16.3 Å². The van der Waals surface area contributed by atoms with Crippen LogP contribution in [0.3, 0.4) is 0 Å². The number of benzene rings is 1. The van der Waals surface area contributed by atoms with Crippen molar-refractivity contribution in [2.45, 2.75) is 38.0 Å². The maximum atomic E-state index is 12.9. The van der Waals surface area contributed by atoms with Crippen molar-refractivity contribution in [1.29, 1.82) is 0 Å². The van der Waals surface area contributed by atoms with Gasteiger partial charge in [0.1, 0.15) is 0 Å². The second kappa shape index (κ2) is 6.57. The molecule has 1 saturated heterocycles. The van der Waals surface area contributed by atoms with Gasteiger partial charge in [-0.05, 0) is 30.9 Å². The highest BCUT2D eigenvalue weighted by atomic mass is 35.5. The van der Waals surface area contributed by atoms with Gasteiger partial charge in [0.25, 0.3) is 5.91 Å². The zero-order chi connectivity index (χ0) is 16.5. The average molecular weight is 346 g/mol. The summed E-state index contributed by atoms with van der Waals surface area (Å²) in [5.41, 5.74) is 1.62. The van der Waals surface area contributed by atoms with Gasteiger partial charge in [0.2, 0.25) is 0 Å². The van der Waals surface area contributed by atoms with Gasteiger partial charge in [-0.3, -0.25) is 9.48 Å². The van der Waals surface area contributed by atoms with Crippen LogP contribution in [0.4, 0.5) is 0 Å². The number of nitrogens with zero attached hydrogens (tertiary/aromatic N) is 3. The number of amides is 1. The van der Waals surface area contributed by atoms with E-state index in [9.17, 15) is 4.79 Å². The van der Waals surface area contributed by atoms with Gasteiger partial charge in [0.05, 0.1) is 37.1 Å². The molecule has 0 bridgehead atoms. The first kappa shape index (κ1) is 15.7. The molecular weight excluding hydrogens is 326 g/mol. The molecule has 1 aromatic carbocycles. The number of carbonyl (C=O) groups is 1. The van der Waals surface area contributed by atoms with E-state index in [0.29, 0.717) is 30.3 Å². The number of morpholine rings is 1. The quantitative estimate of drug-likeness (QED) is 0.859. The molecule has 0 spiro atoms. The molecule has 2 aliphatic rings. The minimum Gasteiger partial charge on any atom is -0.374 e. The van der Waals surface area contributed by atoms with E-state index in [1.165, 1.54) is 0 Å². The van der Waals surface area contributed by atoms with Crippen molar-refractivity contribution in [3.63, 3.8) is 0 Å². The molecule has 1 saturated carbocycles. The topological polar surface area (TPSA) is 47.4 Å². The molecule has 2 fully saturated rings. The van der Waals surface area contributed by atoms with Gasteiger partial charge >= 0.3 is 0 Å². The first-order valence-electron chi connectivity index (χ1n) is 8.41. The number of hydrogen-bond donors (Lipinski definition) is 0. The molecule has 1 aliphatic carbocycles. The van der Waals surface area contributed by atoms with Gasteiger partial charge < -0.3 is 9.64 Å². The Kier molecular flexibility index (Phi) is 4.29. The van der Waals surface area contributed by atoms with Crippen LogP contribution in [0.1, 0.15) is 35.2 Å². The third kappa shape index (κ3) is 2.94. The van der Waals surface area contributed by atoms with Gasteiger partial charge in [-0.15, -0.1) is 0 Å². The van der Waals surface area contributed by atoms with Crippen molar-refractivity contribution < 1.29 is 9.53 Å². The van der Waals surface area contributed by atoms with Crippen molar-refractivity contribution in [1.82, 2.24) is 14.7 Å². The van der Waals surface area contributed by atoms with E-state index in [-0.39, 0.29) is 18.1 Å². The summed E-state index contributed by atoms with van der Waals surface area (Å²) in [6.45, 7) is 1.85. The second-order valence-electron chi connectivity index (χ2n) is 6.42. The number of rotatable bonds is 3. The average Bonchev–Trinajstić information content (AvgIpc) is 3.25. The molecule has 2 aromatic rings. The fourth-order valence-corrected chi connectivity index (χ4v) is 3.90. The maximum Gasteiger partial charge on any atom is 0.257 e. The summed E-state index contributed by atoms with van der Waals surface area (Å²) >= 11 is 6.20. The molecule has 1 aliphatic heterocycles. The lowest BCUT2D eigenvalue weighted by atomic mass is 10.1. The number of aromatic nitrogens is 2. The summed E-state index contributed by atoms with van der Waals surface area (Å²) in [4.78, 5) is 14.8. The zero-order valence-electron chi connectivity index (χ0n) is 13.4. The largest absolute Gasteiger partial charge is 0.374 e. The van der Waals surface area contributed by atoms with Crippen molar-refractivity contribution in [3.8, 4) is 0 Å². The Labute approximate surface area is 146 Å². The molecule has 2 atom stereocenters. The van der Waals surface area contributed by atoms with Gasteiger partial charge in [-0.1, -0.05) is 29.8 Å². The van der Waals surface area contributed by atoms with Crippen molar-refractivity contribution in [2.24, 2.45) is 0 Å².